The Bertz CT molecular complexity index is 1690. The molecule has 498 valence electrons. The molecule has 0 radical (unpaired) electrons. The predicted molar refractivity (Wildman–Crippen MR) is 328 cm³/mol. The second-order valence-electron chi connectivity index (χ2n) is 24.3. The van der Waals surface area contributed by atoms with E-state index in [1.54, 1.807) is 0 Å². The molecule has 0 aliphatic carbocycles. The highest BCUT2D eigenvalue weighted by molar-refractivity contribution is 5.76. The Balaban J connectivity index is 1.43. The van der Waals surface area contributed by atoms with Crippen LogP contribution in [0.2, 0.25) is 0 Å². The Labute approximate surface area is 511 Å². The number of ether oxygens (including phenoxy) is 6. The van der Waals surface area contributed by atoms with Gasteiger partial charge in [-0.05, 0) is 44.9 Å². The van der Waals surface area contributed by atoms with E-state index in [1.807, 2.05) is 0 Å². The first kappa shape index (κ1) is 77.3. The summed E-state index contributed by atoms with van der Waals surface area (Å²) < 4.78 is 34.4. The lowest BCUT2D eigenvalue weighted by atomic mass is 9.96. The first-order valence-corrected chi connectivity index (χ1v) is 33.7. The van der Waals surface area contributed by atoms with Crippen LogP contribution in [0.15, 0.2) is 36.5 Å². The zero-order chi connectivity index (χ0) is 61.9. The van der Waals surface area contributed by atoms with Crippen LogP contribution in [0.25, 0.3) is 0 Å². The fourth-order valence-electron chi connectivity index (χ4n) is 11.5. The number of amides is 1. The van der Waals surface area contributed by atoms with Crippen molar-refractivity contribution in [3.05, 3.63) is 36.5 Å². The van der Waals surface area contributed by atoms with Crippen LogP contribution in [-0.4, -0.2) is 193 Å². The molecule has 0 bridgehead atoms. The molecule has 3 fully saturated rings. The Morgan fingerprint density at radius 3 is 1.27 bits per heavy atom. The summed E-state index contributed by atoms with van der Waals surface area (Å²) in [7, 11) is 0. The van der Waals surface area contributed by atoms with Crippen LogP contribution in [-0.2, 0) is 33.2 Å². The first-order valence-electron chi connectivity index (χ1n) is 33.7. The van der Waals surface area contributed by atoms with Gasteiger partial charge in [-0.2, -0.15) is 0 Å². The molecule has 3 saturated heterocycles. The maximum atomic E-state index is 13.4. The van der Waals surface area contributed by atoms with Gasteiger partial charge in [0.2, 0.25) is 5.91 Å². The van der Waals surface area contributed by atoms with Gasteiger partial charge in [0, 0.05) is 6.42 Å². The molecule has 12 N–H and O–H groups in total. The zero-order valence-electron chi connectivity index (χ0n) is 52.3. The van der Waals surface area contributed by atoms with Crippen molar-refractivity contribution in [1.29, 1.82) is 0 Å². The lowest BCUT2D eigenvalue weighted by molar-refractivity contribution is -0.379. The number of aliphatic hydroxyl groups excluding tert-OH is 11. The zero-order valence-corrected chi connectivity index (χ0v) is 52.3. The molecule has 0 aromatic rings. The van der Waals surface area contributed by atoms with Gasteiger partial charge < -0.3 is 89.9 Å². The summed E-state index contributed by atoms with van der Waals surface area (Å²) in [6.07, 6.45) is 28.0. The maximum absolute atomic E-state index is 13.4. The van der Waals surface area contributed by atoms with Gasteiger partial charge in [-0.25, -0.2) is 0 Å². The second-order valence-corrected chi connectivity index (χ2v) is 24.3. The highest BCUT2D eigenvalue weighted by Gasteiger charge is 2.53. The van der Waals surface area contributed by atoms with Crippen molar-refractivity contribution >= 4 is 5.91 Å². The Morgan fingerprint density at radius 2 is 0.812 bits per heavy atom. The molecular formula is C66H121NO18. The van der Waals surface area contributed by atoms with Crippen LogP contribution in [0, 0.1) is 0 Å². The average Bonchev–Trinajstić information content (AvgIpc) is 3.49. The number of carbonyl (C=O) groups is 1. The quantitative estimate of drug-likeness (QED) is 0.0202. The van der Waals surface area contributed by atoms with Crippen molar-refractivity contribution in [2.75, 3.05) is 26.4 Å². The first-order chi connectivity index (χ1) is 41.3. The van der Waals surface area contributed by atoms with E-state index in [0.717, 1.165) is 77.0 Å². The number of unbranched alkanes of at least 4 members (excludes halogenated alkanes) is 29. The van der Waals surface area contributed by atoms with Gasteiger partial charge in [-0.15, -0.1) is 0 Å². The SMILES string of the molecule is CC/C=C\C/C=C\C/C=C\CCCCCCCC(=O)NC(COC1OC(CO)C(OC2OC(CO)C(OC3OC(CO)C(O)C(O)C3O)C(O)C2O)C(O)C1O)C(O)CCCCCCCCCCCCCCCCCCCCCCCCCCC. The molecule has 3 heterocycles. The van der Waals surface area contributed by atoms with E-state index in [-0.39, 0.29) is 18.9 Å². The van der Waals surface area contributed by atoms with Gasteiger partial charge in [0.05, 0.1) is 38.6 Å². The molecule has 0 saturated carbocycles. The minimum Gasteiger partial charge on any atom is -0.394 e. The van der Waals surface area contributed by atoms with E-state index in [0.29, 0.717) is 12.8 Å². The summed E-state index contributed by atoms with van der Waals surface area (Å²) in [6, 6.07) is -0.897. The predicted octanol–water partition coefficient (Wildman–Crippen LogP) is 8.05. The lowest BCUT2D eigenvalue weighted by Crippen LogP contribution is -2.66. The Hall–Kier alpha value is -1.99. The van der Waals surface area contributed by atoms with E-state index < -0.39 is 124 Å². The van der Waals surface area contributed by atoms with Crippen LogP contribution in [0.4, 0.5) is 0 Å². The lowest BCUT2D eigenvalue weighted by Gasteiger charge is -2.48. The van der Waals surface area contributed by atoms with Crippen LogP contribution >= 0.6 is 0 Å². The van der Waals surface area contributed by atoms with Crippen LogP contribution < -0.4 is 5.32 Å². The topological polar surface area (TPSA) is 307 Å². The molecule has 3 aliphatic heterocycles. The smallest absolute Gasteiger partial charge is 0.220 e. The molecule has 85 heavy (non-hydrogen) atoms. The average molecular weight is 1220 g/mol. The van der Waals surface area contributed by atoms with Gasteiger partial charge in [0.1, 0.15) is 73.2 Å². The largest absolute Gasteiger partial charge is 0.394 e. The third-order valence-corrected chi connectivity index (χ3v) is 17.0. The Kier molecular flexibility index (Phi) is 44.4. The molecule has 17 unspecified atom stereocenters. The molecule has 0 aromatic carbocycles. The van der Waals surface area contributed by atoms with Gasteiger partial charge in [-0.3, -0.25) is 4.79 Å². The summed E-state index contributed by atoms with van der Waals surface area (Å²) in [5, 5.41) is 121. The molecule has 17 atom stereocenters. The molecule has 3 rings (SSSR count). The molecule has 1 amide bonds. The number of allylic oxidation sites excluding steroid dienone is 6. The minimum atomic E-state index is -1.97. The number of nitrogens with one attached hydrogen (secondary N) is 1. The highest BCUT2D eigenvalue weighted by Crippen LogP contribution is 2.33. The Morgan fingerprint density at radius 1 is 0.435 bits per heavy atom. The normalized spacial score (nSPS) is 29.2. The summed E-state index contributed by atoms with van der Waals surface area (Å²) in [5.74, 6) is -0.259. The van der Waals surface area contributed by atoms with Crippen molar-refractivity contribution in [1.82, 2.24) is 5.32 Å². The standard InChI is InChI=1S/C66H121NO18/c1-3-5-7-9-11-13-15-17-19-20-21-22-23-24-25-26-27-28-30-31-33-35-37-39-41-43-50(71)49(67-54(72)44-42-40-38-36-34-32-29-18-16-14-12-10-8-6-4-2)48-80-64-60(78)57(75)62(52(46-69)82-64)85-66-61(79)58(76)63(53(47-70)83-66)84-65-59(77)56(74)55(73)51(45-68)81-65/h6,8,12,14,18,29,49-53,55-66,68-71,73-79H,3-5,7,9-11,13,15-17,19-28,30-48H2,1-2H3,(H,67,72)/b8-6-,14-12-,29-18-. The third-order valence-electron chi connectivity index (χ3n) is 17.0. The number of hydrogen-bond donors (Lipinski definition) is 12. The van der Waals surface area contributed by atoms with Crippen molar-refractivity contribution in [2.24, 2.45) is 0 Å². The van der Waals surface area contributed by atoms with E-state index >= 15 is 0 Å². The molecule has 19 nitrogen and oxygen atoms in total. The van der Waals surface area contributed by atoms with Crippen LogP contribution in [0.1, 0.15) is 245 Å². The van der Waals surface area contributed by atoms with E-state index in [1.165, 1.54) is 135 Å². The molecule has 0 aromatic heterocycles. The molecule has 3 aliphatic rings. The second kappa shape index (κ2) is 48.8. The van der Waals surface area contributed by atoms with Crippen molar-refractivity contribution in [3.8, 4) is 0 Å². The third kappa shape index (κ3) is 31.5. The number of rotatable bonds is 51. The molecule has 0 spiro atoms. The van der Waals surface area contributed by atoms with Gasteiger partial charge >= 0.3 is 0 Å². The maximum Gasteiger partial charge on any atom is 0.220 e. The number of hydrogen-bond acceptors (Lipinski definition) is 18. The van der Waals surface area contributed by atoms with E-state index in [2.05, 4.69) is 55.6 Å². The van der Waals surface area contributed by atoms with Crippen molar-refractivity contribution < 1.29 is 89.4 Å². The summed E-state index contributed by atoms with van der Waals surface area (Å²) in [4.78, 5) is 13.4. The fraction of sp³-hybridized carbons (Fsp3) is 0.894. The van der Waals surface area contributed by atoms with Gasteiger partial charge in [0.15, 0.2) is 18.9 Å². The summed E-state index contributed by atoms with van der Waals surface area (Å²) in [6.45, 7) is 1.68. The number of carbonyl (C=O) groups excluding carboxylic acids is 1. The highest BCUT2D eigenvalue weighted by atomic mass is 16.8. The monoisotopic (exact) mass is 1220 g/mol. The van der Waals surface area contributed by atoms with Crippen LogP contribution in [0.5, 0.6) is 0 Å². The number of aliphatic hydroxyl groups is 11. The summed E-state index contributed by atoms with van der Waals surface area (Å²) in [5.41, 5.74) is 0. The van der Waals surface area contributed by atoms with Crippen molar-refractivity contribution in [3.63, 3.8) is 0 Å². The van der Waals surface area contributed by atoms with E-state index in [4.69, 9.17) is 28.4 Å². The fourth-order valence-corrected chi connectivity index (χ4v) is 11.5. The van der Waals surface area contributed by atoms with Gasteiger partial charge in [0.25, 0.3) is 0 Å². The molecule has 19 heteroatoms. The molecular weight excluding hydrogens is 1090 g/mol. The van der Waals surface area contributed by atoms with E-state index in [9.17, 15) is 61.0 Å². The van der Waals surface area contributed by atoms with Crippen LogP contribution in [0.3, 0.4) is 0 Å². The van der Waals surface area contributed by atoms with Gasteiger partial charge in [-0.1, -0.05) is 230 Å². The summed E-state index contributed by atoms with van der Waals surface area (Å²) >= 11 is 0. The minimum absolute atomic E-state index is 0.247. The van der Waals surface area contributed by atoms with Crippen molar-refractivity contribution in [2.45, 2.75) is 349 Å².